The summed E-state index contributed by atoms with van der Waals surface area (Å²) in [5, 5.41) is 10.3. The number of hydrogen-bond donors (Lipinski definition) is 2. The molecule has 0 saturated carbocycles. The number of fused-ring (bicyclic) bond motifs is 1. The summed E-state index contributed by atoms with van der Waals surface area (Å²) in [5.41, 5.74) is 1.81. The summed E-state index contributed by atoms with van der Waals surface area (Å²) in [7, 11) is 0. The molecule has 112 valence electrons. The van der Waals surface area contributed by atoms with E-state index in [1.807, 2.05) is 23.2 Å². The van der Waals surface area contributed by atoms with Crippen molar-refractivity contribution in [3.8, 4) is 0 Å². The Morgan fingerprint density at radius 2 is 2.38 bits per heavy atom. The predicted octanol–water partition coefficient (Wildman–Crippen LogP) is 1.72. The van der Waals surface area contributed by atoms with Gasteiger partial charge in [0.2, 0.25) is 5.91 Å². The van der Waals surface area contributed by atoms with Gasteiger partial charge in [-0.25, -0.2) is 4.98 Å². The minimum absolute atomic E-state index is 0.130. The first-order chi connectivity index (χ1) is 10.2. The number of amides is 1. The lowest BCUT2D eigenvalue weighted by atomic mass is 9.93. The van der Waals surface area contributed by atoms with Gasteiger partial charge in [-0.05, 0) is 43.4 Å². The second-order valence-corrected chi connectivity index (χ2v) is 5.91. The van der Waals surface area contributed by atoms with Crippen molar-refractivity contribution in [2.24, 2.45) is 5.92 Å². The molecule has 3 rings (SSSR count). The Hall–Kier alpha value is -1.88. The zero-order valence-corrected chi connectivity index (χ0v) is 12.2. The normalized spacial score (nSPS) is 22.7. The van der Waals surface area contributed by atoms with E-state index in [0.29, 0.717) is 13.0 Å². The summed E-state index contributed by atoms with van der Waals surface area (Å²) in [6, 6.07) is 4.12. The molecule has 0 aromatic carbocycles. The molecule has 1 aliphatic rings. The lowest BCUT2D eigenvalue weighted by molar-refractivity contribution is -0.135. The van der Waals surface area contributed by atoms with E-state index in [9.17, 15) is 9.90 Å². The average molecular weight is 287 g/mol. The summed E-state index contributed by atoms with van der Waals surface area (Å²) in [4.78, 5) is 21.9. The molecule has 1 saturated heterocycles. The molecule has 0 spiro atoms. The number of H-pyrrole nitrogens is 1. The molecule has 21 heavy (non-hydrogen) atoms. The van der Waals surface area contributed by atoms with Crippen LogP contribution in [-0.2, 0) is 11.2 Å². The van der Waals surface area contributed by atoms with Gasteiger partial charge in [-0.1, -0.05) is 0 Å². The van der Waals surface area contributed by atoms with E-state index in [1.54, 1.807) is 6.20 Å². The van der Waals surface area contributed by atoms with Crippen LogP contribution in [0, 0.1) is 5.92 Å². The number of aromatic nitrogens is 2. The number of carbonyl (C=O) groups excluding carboxylic acids is 1. The largest absolute Gasteiger partial charge is 0.396 e. The number of carbonyl (C=O) groups is 1. The van der Waals surface area contributed by atoms with E-state index < -0.39 is 0 Å². The van der Waals surface area contributed by atoms with Crippen molar-refractivity contribution in [2.75, 3.05) is 13.2 Å². The molecule has 2 aromatic heterocycles. The lowest BCUT2D eigenvalue weighted by Crippen LogP contribution is -2.46. The third kappa shape index (κ3) is 2.78. The highest BCUT2D eigenvalue weighted by Gasteiger charge is 2.28. The van der Waals surface area contributed by atoms with Crippen molar-refractivity contribution < 1.29 is 9.90 Å². The number of aliphatic hydroxyl groups excluding tert-OH is 1. The first-order valence-electron chi connectivity index (χ1n) is 7.50. The van der Waals surface area contributed by atoms with Crippen molar-refractivity contribution in [3.63, 3.8) is 0 Å². The van der Waals surface area contributed by atoms with E-state index in [0.717, 1.165) is 29.4 Å². The Balaban J connectivity index is 1.76. The molecule has 1 fully saturated rings. The number of aliphatic hydroxyl groups is 1. The first kappa shape index (κ1) is 14.1. The van der Waals surface area contributed by atoms with Crippen LogP contribution in [0.1, 0.15) is 25.3 Å². The van der Waals surface area contributed by atoms with E-state index in [4.69, 9.17) is 0 Å². The van der Waals surface area contributed by atoms with Crippen LogP contribution in [-0.4, -0.2) is 45.1 Å². The molecule has 0 aliphatic carbocycles. The zero-order valence-electron chi connectivity index (χ0n) is 12.2. The van der Waals surface area contributed by atoms with E-state index in [2.05, 4.69) is 16.9 Å². The van der Waals surface area contributed by atoms with Crippen molar-refractivity contribution in [1.82, 2.24) is 14.9 Å². The van der Waals surface area contributed by atoms with Crippen LogP contribution in [0.5, 0.6) is 0 Å². The van der Waals surface area contributed by atoms with Gasteiger partial charge in [0, 0.05) is 37.0 Å². The fraction of sp³-hybridized carbons (Fsp3) is 0.500. The maximum atomic E-state index is 12.6. The topological polar surface area (TPSA) is 69.2 Å². The maximum absolute atomic E-state index is 12.6. The molecule has 2 aromatic rings. The van der Waals surface area contributed by atoms with Gasteiger partial charge in [-0.2, -0.15) is 0 Å². The number of piperidine rings is 1. The van der Waals surface area contributed by atoms with Crippen LogP contribution in [0.3, 0.4) is 0 Å². The number of pyridine rings is 1. The van der Waals surface area contributed by atoms with Crippen LogP contribution >= 0.6 is 0 Å². The van der Waals surface area contributed by atoms with Crippen LogP contribution in [0.4, 0.5) is 0 Å². The molecule has 2 unspecified atom stereocenters. The number of hydrogen-bond acceptors (Lipinski definition) is 3. The summed E-state index contributed by atoms with van der Waals surface area (Å²) >= 11 is 0. The predicted molar refractivity (Wildman–Crippen MR) is 80.8 cm³/mol. The summed E-state index contributed by atoms with van der Waals surface area (Å²) in [6.45, 7) is 2.91. The van der Waals surface area contributed by atoms with Crippen molar-refractivity contribution in [3.05, 3.63) is 30.1 Å². The van der Waals surface area contributed by atoms with Gasteiger partial charge in [0.25, 0.3) is 0 Å². The van der Waals surface area contributed by atoms with Gasteiger partial charge >= 0.3 is 0 Å². The summed E-state index contributed by atoms with van der Waals surface area (Å²) in [6.07, 6.45) is 5.95. The Morgan fingerprint density at radius 1 is 1.52 bits per heavy atom. The molecule has 3 heterocycles. The highest BCUT2D eigenvalue weighted by molar-refractivity contribution is 5.87. The molecule has 2 N–H and O–H groups in total. The number of rotatable bonds is 3. The molecule has 5 heteroatoms. The molecular weight excluding hydrogens is 266 g/mol. The van der Waals surface area contributed by atoms with Crippen LogP contribution in [0.15, 0.2) is 24.5 Å². The van der Waals surface area contributed by atoms with Gasteiger partial charge in [0.1, 0.15) is 5.65 Å². The van der Waals surface area contributed by atoms with Gasteiger partial charge in [0.05, 0.1) is 6.42 Å². The Labute approximate surface area is 124 Å². The molecule has 2 atom stereocenters. The highest BCUT2D eigenvalue weighted by Crippen LogP contribution is 2.23. The van der Waals surface area contributed by atoms with Crippen molar-refractivity contribution >= 4 is 16.9 Å². The number of aromatic amines is 1. The Kier molecular flexibility index (Phi) is 3.92. The van der Waals surface area contributed by atoms with Gasteiger partial charge < -0.3 is 15.0 Å². The van der Waals surface area contributed by atoms with E-state index in [1.165, 1.54) is 0 Å². The van der Waals surface area contributed by atoms with Crippen LogP contribution in [0.2, 0.25) is 0 Å². The first-order valence-corrected chi connectivity index (χ1v) is 7.50. The second-order valence-electron chi connectivity index (χ2n) is 5.91. The maximum Gasteiger partial charge on any atom is 0.227 e. The smallest absolute Gasteiger partial charge is 0.227 e. The molecule has 0 radical (unpaired) electrons. The number of likely N-dealkylation sites (tertiary alicyclic amines) is 1. The fourth-order valence-corrected chi connectivity index (χ4v) is 3.10. The van der Waals surface area contributed by atoms with Gasteiger partial charge in [0.15, 0.2) is 0 Å². The number of nitrogens with one attached hydrogen (secondary N) is 1. The summed E-state index contributed by atoms with van der Waals surface area (Å²) < 4.78 is 0. The molecule has 0 bridgehead atoms. The third-order valence-electron chi connectivity index (χ3n) is 4.44. The van der Waals surface area contributed by atoms with Crippen LogP contribution in [0.25, 0.3) is 11.0 Å². The standard InChI is InChI=1S/C16H21N3O2/c1-11-4-5-12(10-20)9-19(11)15(21)7-13-8-18-16-14(13)3-2-6-17-16/h2-3,6,8,11-12,20H,4-5,7,9-10H2,1H3,(H,17,18). The zero-order chi connectivity index (χ0) is 14.8. The quantitative estimate of drug-likeness (QED) is 0.903. The molecule has 5 nitrogen and oxygen atoms in total. The lowest BCUT2D eigenvalue weighted by Gasteiger charge is -2.37. The highest BCUT2D eigenvalue weighted by atomic mass is 16.3. The minimum atomic E-state index is 0.130. The molecule has 1 amide bonds. The third-order valence-corrected chi connectivity index (χ3v) is 4.44. The van der Waals surface area contributed by atoms with E-state index in [-0.39, 0.29) is 24.5 Å². The van der Waals surface area contributed by atoms with Gasteiger partial charge in [-0.15, -0.1) is 0 Å². The summed E-state index contributed by atoms with van der Waals surface area (Å²) in [5.74, 6) is 0.347. The monoisotopic (exact) mass is 287 g/mol. The van der Waals surface area contributed by atoms with E-state index >= 15 is 0 Å². The van der Waals surface area contributed by atoms with Gasteiger partial charge in [-0.3, -0.25) is 4.79 Å². The average Bonchev–Trinajstić information content (AvgIpc) is 2.91. The van der Waals surface area contributed by atoms with Crippen molar-refractivity contribution in [1.29, 1.82) is 0 Å². The molecule has 1 aliphatic heterocycles. The SMILES string of the molecule is CC1CCC(CO)CN1C(=O)Cc1c[nH]c2ncccc12. The van der Waals surface area contributed by atoms with Crippen molar-refractivity contribution in [2.45, 2.75) is 32.2 Å². The second kappa shape index (κ2) is 5.85. The fourth-order valence-electron chi connectivity index (χ4n) is 3.10. The Morgan fingerprint density at radius 3 is 3.19 bits per heavy atom. The minimum Gasteiger partial charge on any atom is -0.396 e. The molecular formula is C16H21N3O2. The Bertz CT molecular complexity index is 637. The van der Waals surface area contributed by atoms with Crippen LogP contribution < -0.4 is 0 Å². The number of nitrogens with zero attached hydrogens (tertiary/aromatic N) is 2.